The number of carboxylic acid groups (broad SMARTS) is 1. The van der Waals surface area contributed by atoms with E-state index in [2.05, 4.69) is 0 Å². The summed E-state index contributed by atoms with van der Waals surface area (Å²) in [5.41, 5.74) is 0. The zero-order valence-corrected chi connectivity index (χ0v) is 8.62. The van der Waals surface area contributed by atoms with Crippen LogP contribution in [0.5, 0.6) is 0 Å². The Morgan fingerprint density at radius 2 is 1.81 bits per heavy atom. The number of nitrogens with zero attached hydrogens (tertiary/aromatic N) is 1. The number of carbonyl (C=O) groups is 2. The molecule has 0 heterocycles. The molecular formula is C9H12F3NO3. The molecule has 1 aliphatic rings. The Hall–Kier alpha value is -1.27. The first kappa shape index (κ1) is 12.8. The Labute approximate surface area is 90.0 Å². The number of alkyl halides is 3. The van der Waals surface area contributed by atoms with E-state index in [0.29, 0.717) is 17.7 Å². The Morgan fingerprint density at radius 3 is 2.12 bits per heavy atom. The summed E-state index contributed by atoms with van der Waals surface area (Å²) in [6, 6.07) is 0. The van der Waals surface area contributed by atoms with E-state index in [0.717, 1.165) is 7.05 Å². The van der Waals surface area contributed by atoms with Gasteiger partial charge >= 0.3 is 12.1 Å². The van der Waals surface area contributed by atoms with Crippen molar-refractivity contribution in [1.82, 2.24) is 4.90 Å². The first-order chi connectivity index (χ1) is 7.22. The number of aliphatic carboxylic acids is 1. The van der Waals surface area contributed by atoms with E-state index in [1.165, 1.54) is 0 Å². The predicted molar refractivity (Wildman–Crippen MR) is 47.5 cm³/mol. The summed E-state index contributed by atoms with van der Waals surface area (Å²) in [6.45, 7) is -1.34. The maximum absolute atomic E-state index is 12.0. The minimum atomic E-state index is -4.45. The van der Waals surface area contributed by atoms with Crippen molar-refractivity contribution in [3.8, 4) is 0 Å². The van der Waals surface area contributed by atoms with Crippen molar-refractivity contribution >= 4 is 11.9 Å². The van der Waals surface area contributed by atoms with Gasteiger partial charge in [0.25, 0.3) is 0 Å². The number of carboxylic acids is 1. The van der Waals surface area contributed by atoms with Crippen molar-refractivity contribution in [3.63, 3.8) is 0 Å². The lowest BCUT2D eigenvalue weighted by atomic mass is 9.73. The van der Waals surface area contributed by atoms with Gasteiger partial charge in [0.1, 0.15) is 6.54 Å². The molecule has 4 nitrogen and oxygen atoms in total. The summed E-state index contributed by atoms with van der Waals surface area (Å²) < 4.78 is 36.0. The molecule has 0 radical (unpaired) electrons. The molecule has 1 fully saturated rings. The summed E-state index contributed by atoms with van der Waals surface area (Å²) in [7, 11) is 1.03. The van der Waals surface area contributed by atoms with Gasteiger partial charge in [0, 0.05) is 7.05 Å². The van der Waals surface area contributed by atoms with Gasteiger partial charge in [-0.05, 0) is 12.8 Å². The van der Waals surface area contributed by atoms with Gasteiger partial charge in [0.2, 0.25) is 5.91 Å². The lowest BCUT2D eigenvalue weighted by molar-refractivity contribution is -0.168. The normalized spacial score (nSPS) is 24.8. The van der Waals surface area contributed by atoms with Crippen LogP contribution in [0.2, 0.25) is 0 Å². The first-order valence-corrected chi connectivity index (χ1v) is 4.77. The van der Waals surface area contributed by atoms with Crippen LogP contribution in [-0.4, -0.2) is 41.7 Å². The molecule has 16 heavy (non-hydrogen) atoms. The highest BCUT2D eigenvalue weighted by Gasteiger charge is 2.44. The summed E-state index contributed by atoms with van der Waals surface area (Å²) in [6.07, 6.45) is -3.75. The predicted octanol–water partition coefficient (Wildman–Crippen LogP) is 1.12. The summed E-state index contributed by atoms with van der Waals surface area (Å²) in [5.74, 6) is -3.49. The SMILES string of the molecule is CN(CC(F)(F)F)C(=O)C1CCC1C(=O)O. The van der Waals surface area contributed by atoms with E-state index in [-0.39, 0.29) is 0 Å². The molecule has 1 N–H and O–H groups in total. The second kappa shape index (κ2) is 4.31. The number of halogens is 3. The third kappa shape index (κ3) is 2.86. The molecule has 1 saturated carbocycles. The van der Waals surface area contributed by atoms with Gasteiger partial charge in [-0.1, -0.05) is 0 Å². The Bertz CT molecular complexity index is 303. The zero-order chi connectivity index (χ0) is 12.5. The molecule has 1 aliphatic carbocycles. The van der Waals surface area contributed by atoms with Crippen LogP contribution in [0.15, 0.2) is 0 Å². The van der Waals surface area contributed by atoms with Crippen molar-refractivity contribution in [2.75, 3.05) is 13.6 Å². The monoisotopic (exact) mass is 239 g/mol. The van der Waals surface area contributed by atoms with Gasteiger partial charge < -0.3 is 10.0 Å². The van der Waals surface area contributed by atoms with E-state index in [1.807, 2.05) is 0 Å². The third-order valence-electron chi connectivity index (χ3n) is 2.70. The van der Waals surface area contributed by atoms with Gasteiger partial charge in [-0.15, -0.1) is 0 Å². The fourth-order valence-electron chi connectivity index (χ4n) is 1.72. The Morgan fingerprint density at radius 1 is 1.31 bits per heavy atom. The minimum Gasteiger partial charge on any atom is -0.481 e. The van der Waals surface area contributed by atoms with Gasteiger partial charge in [0.15, 0.2) is 0 Å². The fourth-order valence-corrected chi connectivity index (χ4v) is 1.72. The maximum Gasteiger partial charge on any atom is 0.406 e. The smallest absolute Gasteiger partial charge is 0.406 e. The molecule has 0 aliphatic heterocycles. The third-order valence-corrected chi connectivity index (χ3v) is 2.70. The highest BCUT2D eigenvalue weighted by atomic mass is 19.4. The standard InChI is InChI=1S/C9H12F3NO3/c1-13(4-9(10,11)12)7(14)5-2-3-6(5)8(15)16/h5-6H,2-4H2,1H3,(H,15,16). The second-order valence-corrected chi connectivity index (χ2v) is 3.94. The summed E-state index contributed by atoms with van der Waals surface area (Å²) in [4.78, 5) is 22.6. The molecule has 7 heteroatoms. The van der Waals surface area contributed by atoms with E-state index in [4.69, 9.17) is 5.11 Å². The van der Waals surface area contributed by atoms with Gasteiger partial charge in [-0.3, -0.25) is 9.59 Å². The van der Waals surface area contributed by atoms with Crippen LogP contribution in [0, 0.1) is 11.8 Å². The average molecular weight is 239 g/mol. The topological polar surface area (TPSA) is 57.6 Å². The maximum atomic E-state index is 12.0. The molecule has 0 aromatic rings. The molecule has 0 aromatic heterocycles. The fraction of sp³-hybridized carbons (Fsp3) is 0.778. The van der Waals surface area contributed by atoms with E-state index < -0.39 is 36.4 Å². The van der Waals surface area contributed by atoms with Gasteiger partial charge in [0.05, 0.1) is 11.8 Å². The molecule has 2 atom stereocenters. The van der Waals surface area contributed by atoms with Crippen LogP contribution in [0.3, 0.4) is 0 Å². The van der Waals surface area contributed by atoms with Crippen LogP contribution in [0.1, 0.15) is 12.8 Å². The minimum absolute atomic E-state index is 0.345. The van der Waals surface area contributed by atoms with Crippen molar-refractivity contribution in [2.24, 2.45) is 11.8 Å². The molecule has 0 saturated heterocycles. The van der Waals surface area contributed by atoms with Crippen molar-refractivity contribution in [1.29, 1.82) is 0 Å². The highest BCUT2D eigenvalue weighted by Crippen LogP contribution is 2.36. The highest BCUT2D eigenvalue weighted by molar-refractivity contribution is 5.86. The Kier molecular flexibility index (Phi) is 3.44. The van der Waals surface area contributed by atoms with Crippen molar-refractivity contribution in [3.05, 3.63) is 0 Å². The van der Waals surface area contributed by atoms with Crippen LogP contribution in [0.25, 0.3) is 0 Å². The number of hydrogen-bond acceptors (Lipinski definition) is 2. The molecule has 92 valence electrons. The van der Waals surface area contributed by atoms with E-state index in [1.54, 1.807) is 0 Å². The van der Waals surface area contributed by atoms with E-state index >= 15 is 0 Å². The molecule has 0 bridgehead atoms. The molecular weight excluding hydrogens is 227 g/mol. The lowest BCUT2D eigenvalue weighted by Crippen LogP contribution is -2.47. The van der Waals surface area contributed by atoms with Gasteiger partial charge in [-0.25, -0.2) is 0 Å². The second-order valence-electron chi connectivity index (χ2n) is 3.94. The molecule has 1 amide bonds. The zero-order valence-electron chi connectivity index (χ0n) is 8.62. The van der Waals surface area contributed by atoms with Crippen molar-refractivity contribution < 1.29 is 27.9 Å². The molecule has 2 unspecified atom stereocenters. The van der Waals surface area contributed by atoms with Crippen LogP contribution < -0.4 is 0 Å². The van der Waals surface area contributed by atoms with Crippen LogP contribution >= 0.6 is 0 Å². The molecule has 1 rings (SSSR count). The number of carbonyl (C=O) groups excluding carboxylic acids is 1. The lowest BCUT2D eigenvalue weighted by Gasteiger charge is -2.35. The first-order valence-electron chi connectivity index (χ1n) is 4.77. The van der Waals surface area contributed by atoms with E-state index in [9.17, 15) is 22.8 Å². The molecule has 0 aromatic carbocycles. The molecule has 0 spiro atoms. The van der Waals surface area contributed by atoms with Crippen LogP contribution in [-0.2, 0) is 9.59 Å². The summed E-state index contributed by atoms with van der Waals surface area (Å²) in [5, 5.41) is 8.67. The Balaban J connectivity index is 2.55. The number of rotatable bonds is 3. The van der Waals surface area contributed by atoms with Crippen molar-refractivity contribution in [2.45, 2.75) is 19.0 Å². The quantitative estimate of drug-likeness (QED) is 0.802. The number of amides is 1. The largest absolute Gasteiger partial charge is 0.481 e. The van der Waals surface area contributed by atoms with Gasteiger partial charge in [-0.2, -0.15) is 13.2 Å². The average Bonchev–Trinajstić information content (AvgIpc) is 1.96. The number of hydrogen-bond donors (Lipinski definition) is 1. The van der Waals surface area contributed by atoms with Crippen LogP contribution in [0.4, 0.5) is 13.2 Å². The summed E-state index contributed by atoms with van der Waals surface area (Å²) >= 11 is 0.